The van der Waals surface area contributed by atoms with Crippen LogP contribution in [-0.2, 0) is 24.0 Å². The van der Waals surface area contributed by atoms with Crippen LogP contribution in [0.3, 0.4) is 0 Å². The Hall–Kier alpha value is -1.83. The highest BCUT2D eigenvalue weighted by atomic mass is 32.2. The van der Waals surface area contributed by atoms with Gasteiger partial charge in [0.15, 0.2) is 0 Å². The van der Waals surface area contributed by atoms with Crippen LogP contribution in [0.5, 0.6) is 0 Å². The first-order valence-corrected chi connectivity index (χ1v) is 8.57. The molecule has 1 aliphatic heterocycles. The largest absolute Gasteiger partial charge is 0.416 e. The standard InChI is InChI=1S/C15H15F3N2O2S/c1-20-12-3-2-10(15(16,17)18)6-9(12)7-13(20)14(21)19-11-4-5-23(22)8-11/h2-3,6-7,11H,4-5,8H2,1H3,(H,19,21). The highest BCUT2D eigenvalue weighted by Gasteiger charge is 2.31. The first kappa shape index (κ1) is 16.0. The zero-order chi connectivity index (χ0) is 16.8. The third-order valence-corrected chi connectivity index (χ3v) is 5.48. The Labute approximate surface area is 133 Å². The fourth-order valence-electron chi connectivity index (χ4n) is 2.78. The van der Waals surface area contributed by atoms with Crippen LogP contribution < -0.4 is 5.32 Å². The summed E-state index contributed by atoms with van der Waals surface area (Å²) in [4.78, 5) is 12.3. The second-order valence-electron chi connectivity index (χ2n) is 5.63. The Balaban J connectivity index is 1.90. The molecule has 0 bridgehead atoms. The van der Waals surface area contributed by atoms with Gasteiger partial charge in [-0.2, -0.15) is 13.2 Å². The van der Waals surface area contributed by atoms with Gasteiger partial charge in [0, 0.05) is 46.3 Å². The van der Waals surface area contributed by atoms with E-state index in [9.17, 15) is 22.2 Å². The van der Waals surface area contributed by atoms with Crippen LogP contribution in [0.1, 0.15) is 22.5 Å². The topological polar surface area (TPSA) is 51.1 Å². The normalized spacial score (nSPS) is 21.7. The fourth-order valence-corrected chi connectivity index (χ4v) is 4.19. The minimum atomic E-state index is -4.42. The average Bonchev–Trinajstić information content (AvgIpc) is 3.01. The van der Waals surface area contributed by atoms with Crippen LogP contribution >= 0.6 is 0 Å². The molecule has 0 spiro atoms. The summed E-state index contributed by atoms with van der Waals surface area (Å²) in [6.07, 6.45) is -3.76. The number of alkyl halides is 3. The van der Waals surface area contributed by atoms with Gasteiger partial charge in [-0.25, -0.2) is 0 Å². The van der Waals surface area contributed by atoms with Crippen molar-refractivity contribution in [1.29, 1.82) is 0 Å². The predicted molar refractivity (Wildman–Crippen MR) is 81.7 cm³/mol. The fraction of sp³-hybridized carbons (Fsp3) is 0.400. The number of benzene rings is 1. The van der Waals surface area contributed by atoms with Gasteiger partial charge in [0.2, 0.25) is 0 Å². The van der Waals surface area contributed by atoms with Gasteiger partial charge in [-0.3, -0.25) is 9.00 Å². The molecule has 2 heterocycles. The lowest BCUT2D eigenvalue weighted by molar-refractivity contribution is -0.137. The Morgan fingerprint density at radius 2 is 2.09 bits per heavy atom. The van der Waals surface area contributed by atoms with Crippen molar-refractivity contribution in [2.45, 2.75) is 18.6 Å². The minimum Gasteiger partial charge on any atom is -0.347 e. The van der Waals surface area contributed by atoms with Crippen LogP contribution in [-0.4, -0.2) is 32.2 Å². The third-order valence-electron chi connectivity index (χ3n) is 4.02. The van der Waals surface area contributed by atoms with Crippen molar-refractivity contribution >= 4 is 27.6 Å². The number of nitrogens with zero attached hydrogens (tertiary/aromatic N) is 1. The molecule has 2 unspecified atom stereocenters. The molecule has 3 rings (SSSR count). The van der Waals surface area contributed by atoms with Crippen LogP contribution in [0.2, 0.25) is 0 Å². The molecule has 1 fully saturated rings. The Morgan fingerprint density at radius 1 is 1.35 bits per heavy atom. The van der Waals surface area contributed by atoms with E-state index >= 15 is 0 Å². The number of aryl methyl sites for hydroxylation is 1. The highest BCUT2D eigenvalue weighted by Crippen LogP contribution is 2.32. The molecule has 1 aromatic carbocycles. The van der Waals surface area contributed by atoms with E-state index in [4.69, 9.17) is 0 Å². The van der Waals surface area contributed by atoms with Gasteiger partial charge < -0.3 is 9.88 Å². The Morgan fingerprint density at radius 3 is 2.70 bits per heavy atom. The quantitative estimate of drug-likeness (QED) is 0.910. The van der Waals surface area contributed by atoms with E-state index in [-0.39, 0.29) is 17.6 Å². The van der Waals surface area contributed by atoms with Crippen molar-refractivity contribution in [1.82, 2.24) is 9.88 Å². The molecule has 1 aromatic heterocycles. The van der Waals surface area contributed by atoms with Gasteiger partial charge in [0.1, 0.15) is 5.69 Å². The van der Waals surface area contributed by atoms with Crippen molar-refractivity contribution in [3.63, 3.8) is 0 Å². The second kappa shape index (κ2) is 5.67. The Kier molecular flexibility index (Phi) is 3.95. The van der Waals surface area contributed by atoms with E-state index < -0.39 is 22.5 Å². The Bertz CT molecular complexity index is 798. The second-order valence-corrected chi connectivity index (χ2v) is 7.25. The lowest BCUT2D eigenvalue weighted by atomic mass is 10.1. The van der Waals surface area contributed by atoms with E-state index in [1.807, 2.05) is 0 Å². The minimum absolute atomic E-state index is 0.146. The predicted octanol–water partition coefficient (Wildman–Crippen LogP) is 2.45. The summed E-state index contributed by atoms with van der Waals surface area (Å²) in [5.41, 5.74) is 0.101. The summed E-state index contributed by atoms with van der Waals surface area (Å²) >= 11 is 0. The van der Waals surface area contributed by atoms with Gasteiger partial charge >= 0.3 is 6.18 Å². The maximum Gasteiger partial charge on any atom is 0.416 e. The van der Waals surface area contributed by atoms with E-state index in [1.54, 1.807) is 11.6 Å². The molecule has 2 aromatic rings. The molecule has 1 aliphatic rings. The number of aromatic nitrogens is 1. The summed E-state index contributed by atoms with van der Waals surface area (Å²) in [5, 5.41) is 3.16. The van der Waals surface area contributed by atoms with Crippen molar-refractivity contribution in [2.24, 2.45) is 7.05 Å². The van der Waals surface area contributed by atoms with Crippen LogP contribution in [0.15, 0.2) is 24.3 Å². The van der Waals surface area contributed by atoms with Gasteiger partial charge in [0.25, 0.3) is 5.91 Å². The summed E-state index contributed by atoms with van der Waals surface area (Å²) < 4.78 is 51.2. The lowest BCUT2D eigenvalue weighted by Gasteiger charge is -2.11. The van der Waals surface area contributed by atoms with Crippen molar-refractivity contribution < 1.29 is 22.2 Å². The molecule has 1 amide bonds. The number of nitrogens with one attached hydrogen (secondary N) is 1. The molecule has 0 radical (unpaired) electrons. The molecule has 8 heteroatoms. The van der Waals surface area contributed by atoms with Gasteiger partial charge in [-0.15, -0.1) is 0 Å². The first-order chi connectivity index (χ1) is 10.8. The molecular weight excluding hydrogens is 329 g/mol. The van der Waals surface area contributed by atoms with Crippen molar-refractivity contribution in [3.8, 4) is 0 Å². The summed E-state index contributed by atoms with van der Waals surface area (Å²) in [7, 11) is 0.731. The number of halogens is 3. The lowest BCUT2D eigenvalue weighted by Crippen LogP contribution is -2.36. The van der Waals surface area contributed by atoms with E-state index in [0.717, 1.165) is 12.1 Å². The number of carbonyl (C=O) groups is 1. The maximum absolute atomic E-state index is 12.8. The zero-order valence-corrected chi connectivity index (χ0v) is 13.1. The smallest absolute Gasteiger partial charge is 0.347 e. The summed E-state index contributed by atoms with van der Waals surface area (Å²) in [6.45, 7) is 0. The molecule has 4 nitrogen and oxygen atoms in total. The zero-order valence-electron chi connectivity index (χ0n) is 12.3. The number of carbonyl (C=O) groups excluding carboxylic acids is 1. The molecular formula is C15H15F3N2O2S. The molecule has 2 atom stereocenters. The number of hydrogen-bond acceptors (Lipinski definition) is 2. The van der Waals surface area contributed by atoms with Gasteiger partial charge in [0.05, 0.1) is 5.56 Å². The van der Waals surface area contributed by atoms with Crippen molar-refractivity contribution in [3.05, 3.63) is 35.5 Å². The SMILES string of the molecule is Cn1c(C(=O)NC2CCS(=O)C2)cc2cc(C(F)(F)F)ccc21. The highest BCUT2D eigenvalue weighted by molar-refractivity contribution is 7.85. The van der Waals surface area contributed by atoms with Crippen LogP contribution in [0, 0.1) is 0 Å². The van der Waals surface area contributed by atoms with E-state index in [1.165, 1.54) is 12.1 Å². The number of rotatable bonds is 2. The van der Waals surface area contributed by atoms with Crippen LogP contribution in [0.25, 0.3) is 10.9 Å². The van der Waals surface area contributed by atoms with E-state index in [2.05, 4.69) is 5.32 Å². The molecule has 1 N–H and O–H groups in total. The molecule has 0 aliphatic carbocycles. The number of fused-ring (bicyclic) bond motifs is 1. The molecule has 124 valence electrons. The van der Waals surface area contributed by atoms with E-state index in [0.29, 0.717) is 28.8 Å². The maximum atomic E-state index is 12.8. The van der Waals surface area contributed by atoms with Crippen molar-refractivity contribution in [2.75, 3.05) is 11.5 Å². The summed E-state index contributed by atoms with van der Waals surface area (Å²) in [6, 6.07) is 4.71. The van der Waals surface area contributed by atoms with Gasteiger partial charge in [-0.1, -0.05) is 0 Å². The molecule has 1 saturated heterocycles. The first-order valence-electron chi connectivity index (χ1n) is 7.08. The van der Waals surface area contributed by atoms with Gasteiger partial charge in [-0.05, 0) is 30.7 Å². The van der Waals surface area contributed by atoms with Crippen LogP contribution in [0.4, 0.5) is 13.2 Å². The summed E-state index contributed by atoms with van der Waals surface area (Å²) in [5.74, 6) is 0.629. The third kappa shape index (κ3) is 3.12. The number of hydrogen-bond donors (Lipinski definition) is 1. The molecule has 23 heavy (non-hydrogen) atoms. The monoisotopic (exact) mass is 344 g/mol. The molecule has 0 saturated carbocycles. The average molecular weight is 344 g/mol. The number of amides is 1.